The van der Waals surface area contributed by atoms with E-state index in [4.69, 9.17) is 4.74 Å². The molecule has 0 bridgehead atoms. The van der Waals surface area contributed by atoms with Gasteiger partial charge >= 0.3 is 0 Å². The fourth-order valence-corrected chi connectivity index (χ4v) is 3.20. The Morgan fingerprint density at radius 3 is 3.00 bits per heavy atom. The smallest absolute Gasteiger partial charge is 0.237 e. The third-order valence-electron chi connectivity index (χ3n) is 4.34. The zero-order chi connectivity index (χ0) is 14.7. The predicted molar refractivity (Wildman–Crippen MR) is 82.8 cm³/mol. The molecule has 2 saturated heterocycles. The van der Waals surface area contributed by atoms with E-state index in [-0.39, 0.29) is 18.0 Å². The van der Waals surface area contributed by atoms with Crippen LogP contribution in [0.1, 0.15) is 19.3 Å². The number of hydrogen-bond donors (Lipinski definition) is 2. The summed E-state index contributed by atoms with van der Waals surface area (Å²) in [6.07, 6.45) is 3.03. The van der Waals surface area contributed by atoms with Crippen molar-refractivity contribution in [1.82, 2.24) is 10.6 Å². The molecule has 1 aromatic carbocycles. The van der Waals surface area contributed by atoms with E-state index in [0.29, 0.717) is 0 Å². The molecule has 2 heterocycles. The molecule has 1 aromatic rings. The molecule has 2 N–H and O–H groups in total. The number of hydrogen-bond acceptors (Lipinski definition) is 4. The van der Waals surface area contributed by atoms with Crippen LogP contribution in [-0.4, -0.2) is 44.7 Å². The summed E-state index contributed by atoms with van der Waals surface area (Å²) < 4.78 is 5.42. The molecule has 5 nitrogen and oxygen atoms in total. The Balaban J connectivity index is 1.59. The van der Waals surface area contributed by atoms with E-state index in [2.05, 4.69) is 21.6 Å². The minimum absolute atomic E-state index is 0.00492. The van der Waals surface area contributed by atoms with Gasteiger partial charge in [-0.1, -0.05) is 12.1 Å². The zero-order valence-electron chi connectivity index (χ0n) is 12.5. The summed E-state index contributed by atoms with van der Waals surface area (Å²) in [5.74, 6) is 1.04. The molecule has 0 radical (unpaired) electrons. The minimum atomic E-state index is 0.00492. The van der Waals surface area contributed by atoms with E-state index in [1.807, 2.05) is 18.2 Å². The standard InChI is InChI=1S/C16H23N3O2/c1-21-15-7-3-2-6-14(15)19-10-8-12(11-19)18-16(20)13-5-4-9-17-13/h2-3,6-7,12-13,17H,4-5,8-11H2,1H3,(H,18,20). The normalized spacial score (nSPS) is 25.1. The molecule has 2 fully saturated rings. The number of methoxy groups -OCH3 is 1. The molecule has 1 amide bonds. The lowest BCUT2D eigenvalue weighted by Crippen LogP contribution is -2.46. The van der Waals surface area contributed by atoms with Gasteiger partial charge in [0.1, 0.15) is 5.75 Å². The monoisotopic (exact) mass is 289 g/mol. The Kier molecular flexibility index (Phi) is 4.29. The predicted octanol–water partition coefficient (Wildman–Crippen LogP) is 1.14. The van der Waals surface area contributed by atoms with Crippen molar-refractivity contribution < 1.29 is 9.53 Å². The van der Waals surface area contributed by atoms with Crippen molar-refractivity contribution in [2.24, 2.45) is 0 Å². The van der Waals surface area contributed by atoms with Gasteiger partial charge < -0.3 is 20.3 Å². The first-order valence-electron chi connectivity index (χ1n) is 7.69. The van der Waals surface area contributed by atoms with Crippen LogP contribution in [-0.2, 0) is 4.79 Å². The number of carbonyl (C=O) groups excluding carboxylic acids is 1. The second kappa shape index (κ2) is 6.35. The number of nitrogens with one attached hydrogen (secondary N) is 2. The Labute approximate surface area is 125 Å². The molecule has 2 unspecified atom stereocenters. The van der Waals surface area contributed by atoms with Crippen LogP contribution in [0.15, 0.2) is 24.3 Å². The average Bonchev–Trinajstić information content (AvgIpc) is 3.18. The van der Waals surface area contributed by atoms with Crippen molar-refractivity contribution in [1.29, 1.82) is 0 Å². The molecule has 0 saturated carbocycles. The minimum Gasteiger partial charge on any atom is -0.495 e. The topological polar surface area (TPSA) is 53.6 Å². The van der Waals surface area contributed by atoms with Crippen molar-refractivity contribution in [3.63, 3.8) is 0 Å². The summed E-state index contributed by atoms with van der Waals surface area (Å²) >= 11 is 0. The molecule has 2 aliphatic rings. The van der Waals surface area contributed by atoms with E-state index in [1.165, 1.54) is 0 Å². The molecule has 21 heavy (non-hydrogen) atoms. The Morgan fingerprint density at radius 1 is 1.38 bits per heavy atom. The van der Waals surface area contributed by atoms with Crippen molar-refractivity contribution >= 4 is 11.6 Å². The number of nitrogens with zero attached hydrogens (tertiary/aromatic N) is 1. The van der Waals surface area contributed by atoms with Gasteiger partial charge in [0.25, 0.3) is 0 Å². The summed E-state index contributed by atoms with van der Waals surface area (Å²) in [6, 6.07) is 8.27. The van der Waals surface area contributed by atoms with Crippen molar-refractivity contribution in [3.05, 3.63) is 24.3 Å². The fourth-order valence-electron chi connectivity index (χ4n) is 3.20. The maximum atomic E-state index is 12.2. The van der Waals surface area contributed by atoms with Gasteiger partial charge in [0.05, 0.1) is 18.8 Å². The number of carbonyl (C=O) groups is 1. The Bertz CT molecular complexity index is 500. The van der Waals surface area contributed by atoms with E-state index >= 15 is 0 Å². The number of benzene rings is 1. The second-order valence-corrected chi connectivity index (χ2v) is 5.76. The van der Waals surface area contributed by atoms with Gasteiger partial charge in [-0.3, -0.25) is 4.79 Å². The molecular weight excluding hydrogens is 266 g/mol. The van der Waals surface area contributed by atoms with Crippen LogP contribution in [0, 0.1) is 0 Å². The lowest BCUT2D eigenvalue weighted by molar-refractivity contribution is -0.123. The first-order valence-corrected chi connectivity index (χ1v) is 7.69. The molecule has 2 aliphatic heterocycles. The first kappa shape index (κ1) is 14.2. The first-order chi connectivity index (χ1) is 10.3. The largest absolute Gasteiger partial charge is 0.495 e. The van der Waals surface area contributed by atoms with E-state index in [1.54, 1.807) is 7.11 Å². The van der Waals surface area contributed by atoms with E-state index in [9.17, 15) is 4.79 Å². The highest BCUT2D eigenvalue weighted by atomic mass is 16.5. The molecule has 0 aromatic heterocycles. The van der Waals surface area contributed by atoms with Gasteiger partial charge in [-0.2, -0.15) is 0 Å². The third-order valence-corrected chi connectivity index (χ3v) is 4.34. The number of amides is 1. The summed E-state index contributed by atoms with van der Waals surface area (Å²) in [7, 11) is 1.69. The number of rotatable bonds is 4. The van der Waals surface area contributed by atoms with Gasteiger partial charge in [-0.25, -0.2) is 0 Å². The lowest BCUT2D eigenvalue weighted by atomic mass is 10.2. The molecule has 2 atom stereocenters. The van der Waals surface area contributed by atoms with Gasteiger partial charge in [0, 0.05) is 19.1 Å². The van der Waals surface area contributed by atoms with Crippen molar-refractivity contribution in [2.75, 3.05) is 31.6 Å². The molecule has 0 spiro atoms. The molecule has 0 aliphatic carbocycles. The highest BCUT2D eigenvalue weighted by molar-refractivity contribution is 5.82. The van der Waals surface area contributed by atoms with Crippen LogP contribution in [0.4, 0.5) is 5.69 Å². The second-order valence-electron chi connectivity index (χ2n) is 5.76. The van der Waals surface area contributed by atoms with Gasteiger partial charge in [-0.05, 0) is 37.9 Å². The summed E-state index contributed by atoms with van der Waals surface area (Å²) in [6.45, 7) is 2.75. The van der Waals surface area contributed by atoms with Gasteiger partial charge in [0.2, 0.25) is 5.91 Å². The van der Waals surface area contributed by atoms with Crippen LogP contribution in [0.5, 0.6) is 5.75 Å². The Morgan fingerprint density at radius 2 is 2.24 bits per heavy atom. The van der Waals surface area contributed by atoms with Crippen molar-refractivity contribution in [2.45, 2.75) is 31.3 Å². The molecule has 114 valence electrons. The summed E-state index contributed by atoms with van der Waals surface area (Å²) in [4.78, 5) is 14.4. The van der Waals surface area contributed by atoms with Crippen LogP contribution in [0.25, 0.3) is 0 Å². The van der Waals surface area contributed by atoms with Crippen LogP contribution < -0.4 is 20.3 Å². The number of ether oxygens (including phenoxy) is 1. The van der Waals surface area contributed by atoms with E-state index < -0.39 is 0 Å². The van der Waals surface area contributed by atoms with Crippen LogP contribution >= 0.6 is 0 Å². The Hall–Kier alpha value is -1.75. The maximum Gasteiger partial charge on any atom is 0.237 e. The summed E-state index contributed by atoms with van der Waals surface area (Å²) in [5.41, 5.74) is 1.11. The third kappa shape index (κ3) is 3.13. The maximum absolute atomic E-state index is 12.2. The average molecular weight is 289 g/mol. The highest BCUT2D eigenvalue weighted by Gasteiger charge is 2.29. The summed E-state index contributed by atoms with van der Waals surface area (Å²) in [5, 5.41) is 6.42. The van der Waals surface area contributed by atoms with Crippen LogP contribution in [0.2, 0.25) is 0 Å². The lowest BCUT2D eigenvalue weighted by Gasteiger charge is -2.22. The van der Waals surface area contributed by atoms with Crippen LogP contribution in [0.3, 0.4) is 0 Å². The molecule has 5 heteroatoms. The van der Waals surface area contributed by atoms with Gasteiger partial charge in [-0.15, -0.1) is 0 Å². The highest BCUT2D eigenvalue weighted by Crippen LogP contribution is 2.30. The van der Waals surface area contributed by atoms with E-state index in [0.717, 1.165) is 50.3 Å². The van der Waals surface area contributed by atoms with Crippen molar-refractivity contribution in [3.8, 4) is 5.75 Å². The molecule has 3 rings (SSSR count). The zero-order valence-corrected chi connectivity index (χ0v) is 12.5. The fraction of sp³-hybridized carbons (Fsp3) is 0.562. The van der Waals surface area contributed by atoms with Gasteiger partial charge in [0.15, 0.2) is 0 Å². The molecular formula is C16H23N3O2. The number of para-hydroxylation sites is 2. The SMILES string of the molecule is COc1ccccc1N1CCC(NC(=O)C2CCCN2)C1. The number of anilines is 1. The quantitative estimate of drug-likeness (QED) is 0.873.